The maximum atomic E-state index is 12.2. The van der Waals surface area contributed by atoms with E-state index in [0.717, 1.165) is 38.3 Å². The number of carbonyl (C=O) groups is 1. The Kier molecular flexibility index (Phi) is 5.67. The van der Waals surface area contributed by atoms with Gasteiger partial charge in [0.05, 0.1) is 12.0 Å². The first-order valence-electron chi connectivity index (χ1n) is 8.65. The molecule has 3 atom stereocenters. The Balaban J connectivity index is 1.84. The third-order valence-corrected chi connectivity index (χ3v) is 5.46. The molecule has 1 aliphatic carbocycles. The second kappa shape index (κ2) is 7.10. The molecule has 0 aromatic rings. The Hall–Kier alpha value is -0.610. The molecule has 4 heteroatoms. The molecule has 0 spiro atoms. The van der Waals surface area contributed by atoms with Crippen molar-refractivity contribution in [2.75, 3.05) is 19.6 Å². The van der Waals surface area contributed by atoms with Gasteiger partial charge in [0, 0.05) is 18.6 Å². The predicted molar refractivity (Wildman–Crippen MR) is 85.0 cm³/mol. The average molecular weight is 296 g/mol. The fourth-order valence-corrected chi connectivity index (χ4v) is 3.74. The largest absolute Gasteiger partial charge is 0.392 e. The first-order chi connectivity index (χ1) is 9.94. The van der Waals surface area contributed by atoms with Crippen LogP contribution in [0.5, 0.6) is 0 Å². The lowest BCUT2D eigenvalue weighted by molar-refractivity contribution is -0.128. The maximum absolute atomic E-state index is 12.2. The third kappa shape index (κ3) is 4.19. The van der Waals surface area contributed by atoms with Gasteiger partial charge in [-0.2, -0.15) is 0 Å². The standard InChI is InChI=1S/C17H32N2O2/c1-4-13-7-6-10-19(11-13)17(2,3)12-18-16(21)14-8-5-9-15(14)20/h13-15,20H,4-12H2,1-3H3,(H,18,21). The number of hydrogen-bond acceptors (Lipinski definition) is 3. The summed E-state index contributed by atoms with van der Waals surface area (Å²) in [6, 6.07) is 0. The number of likely N-dealkylation sites (tertiary alicyclic amines) is 1. The van der Waals surface area contributed by atoms with Crippen LogP contribution in [0.1, 0.15) is 59.3 Å². The molecule has 2 rings (SSSR count). The number of rotatable bonds is 5. The van der Waals surface area contributed by atoms with Gasteiger partial charge in [-0.1, -0.05) is 13.3 Å². The summed E-state index contributed by atoms with van der Waals surface area (Å²) in [6.07, 6.45) is 5.97. The highest BCUT2D eigenvalue weighted by Crippen LogP contribution is 2.27. The van der Waals surface area contributed by atoms with Crippen LogP contribution in [0.3, 0.4) is 0 Å². The summed E-state index contributed by atoms with van der Waals surface area (Å²) in [5.41, 5.74) is -0.00689. The number of carbonyl (C=O) groups excluding carboxylic acids is 1. The highest BCUT2D eigenvalue weighted by atomic mass is 16.3. The van der Waals surface area contributed by atoms with Crippen molar-refractivity contribution in [3.05, 3.63) is 0 Å². The SMILES string of the molecule is CCC1CCCN(C(C)(C)CNC(=O)C2CCCC2O)C1. The molecule has 1 saturated carbocycles. The van der Waals surface area contributed by atoms with Crippen LogP contribution in [-0.2, 0) is 4.79 Å². The second-order valence-corrected chi connectivity index (χ2v) is 7.50. The molecule has 1 heterocycles. The highest BCUT2D eigenvalue weighted by Gasteiger charge is 2.34. The van der Waals surface area contributed by atoms with E-state index in [0.29, 0.717) is 6.54 Å². The van der Waals surface area contributed by atoms with E-state index in [1.807, 2.05) is 0 Å². The van der Waals surface area contributed by atoms with E-state index in [-0.39, 0.29) is 17.4 Å². The molecular weight excluding hydrogens is 264 g/mol. The Morgan fingerprint density at radius 2 is 2.05 bits per heavy atom. The van der Waals surface area contributed by atoms with E-state index >= 15 is 0 Å². The van der Waals surface area contributed by atoms with Crippen molar-refractivity contribution in [1.82, 2.24) is 10.2 Å². The number of nitrogens with one attached hydrogen (secondary N) is 1. The van der Waals surface area contributed by atoms with Crippen molar-refractivity contribution >= 4 is 5.91 Å². The molecular formula is C17H32N2O2. The van der Waals surface area contributed by atoms with E-state index < -0.39 is 6.10 Å². The van der Waals surface area contributed by atoms with Gasteiger partial charge >= 0.3 is 0 Å². The predicted octanol–water partition coefficient (Wildman–Crippen LogP) is 2.16. The molecule has 0 aromatic heterocycles. The normalized spacial score (nSPS) is 31.3. The summed E-state index contributed by atoms with van der Waals surface area (Å²) in [4.78, 5) is 14.7. The lowest BCUT2D eigenvalue weighted by atomic mass is 9.91. The van der Waals surface area contributed by atoms with Crippen LogP contribution in [-0.4, -0.2) is 47.2 Å². The van der Waals surface area contributed by atoms with E-state index in [2.05, 4.69) is 31.0 Å². The number of aliphatic hydroxyl groups excluding tert-OH is 1. The minimum absolute atomic E-state index is 0.00689. The van der Waals surface area contributed by atoms with Crippen molar-refractivity contribution in [3.8, 4) is 0 Å². The van der Waals surface area contributed by atoms with E-state index in [1.165, 1.54) is 19.3 Å². The molecule has 2 aliphatic rings. The van der Waals surface area contributed by atoms with Crippen molar-refractivity contribution in [2.45, 2.75) is 70.9 Å². The molecule has 0 aromatic carbocycles. The van der Waals surface area contributed by atoms with Gasteiger partial charge in [0.15, 0.2) is 0 Å². The zero-order chi connectivity index (χ0) is 15.5. The highest BCUT2D eigenvalue weighted by molar-refractivity contribution is 5.79. The fraction of sp³-hybridized carbons (Fsp3) is 0.941. The Labute approximate surface area is 129 Å². The van der Waals surface area contributed by atoms with Crippen LogP contribution in [0, 0.1) is 11.8 Å². The minimum atomic E-state index is -0.437. The number of nitrogens with zero attached hydrogens (tertiary/aromatic N) is 1. The van der Waals surface area contributed by atoms with Gasteiger partial charge in [-0.05, 0) is 58.4 Å². The zero-order valence-corrected chi connectivity index (χ0v) is 13.9. The summed E-state index contributed by atoms with van der Waals surface area (Å²) < 4.78 is 0. The lowest BCUT2D eigenvalue weighted by Gasteiger charge is -2.43. The minimum Gasteiger partial charge on any atom is -0.392 e. The van der Waals surface area contributed by atoms with Crippen LogP contribution >= 0.6 is 0 Å². The first kappa shape index (κ1) is 16.8. The number of amides is 1. The Bertz CT molecular complexity index is 357. The first-order valence-corrected chi connectivity index (χ1v) is 8.65. The summed E-state index contributed by atoms with van der Waals surface area (Å²) in [6.45, 7) is 9.65. The zero-order valence-electron chi connectivity index (χ0n) is 13.9. The molecule has 1 aliphatic heterocycles. The molecule has 2 fully saturated rings. The Morgan fingerprint density at radius 3 is 2.67 bits per heavy atom. The van der Waals surface area contributed by atoms with Crippen LogP contribution in [0.25, 0.3) is 0 Å². The average Bonchev–Trinajstić information content (AvgIpc) is 2.91. The maximum Gasteiger partial charge on any atom is 0.225 e. The third-order valence-electron chi connectivity index (χ3n) is 5.46. The molecule has 4 nitrogen and oxygen atoms in total. The van der Waals surface area contributed by atoms with Gasteiger partial charge in [-0.15, -0.1) is 0 Å². The molecule has 1 saturated heterocycles. The van der Waals surface area contributed by atoms with Gasteiger partial charge in [0.1, 0.15) is 0 Å². The van der Waals surface area contributed by atoms with Crippen LogP contribution in [0.2, 0.25) is 0 Å². The summed E-state index contributed by atoms with van der Waals surface area (Å²) in [5, 5.41) is 12.9. The van der Waals surface area contributed by atoms with Crippen LogP contribution in [0.15, 0.2) is 0 Å². The molecule has 122 valence electrons. The quantitative estimate of drug-likeness (QED) is 0.817. The molecule has 1 amide bonds. The fourth-order valence-electron chi connectivity index (χ4n) is 3.74. The van der Waals surface area contributed by atoms with Crippen molar-refractivity contribution in [2.24, 2.45) is 11.8 Å². The molecule has 0 bridgehead atoms. The number of aliphatic hydroxyl groups is 1. The summed E-state index contributed by atoms with van der Waals surface area (Å²) >= 11 is 0. The lowest BCUT2D eigenvalue weighted by Crippen LogP contribution is -2.55. The number of hydrogen-bond donors (Lipinski definition) is 2. The Morgan fingerprint density at radius 1 is 1.29 bits per heavy atom. The molecule has 21 heavy (non-hydrogen) atoms. The van der Waals surface area contributed by atoms with Gasteiger partial charge in [0.2, 0.25) is 5.91 Å². The van der Waals surface area contributed by atoms with Gasteiger partial charge < -0.3 is 10.4 Å². The topological polar surface area (TPSA) is 52.6 Å². The molecule has 0 radical (unpaired) electrons. The smallest absolute Gasteiger partial charge is 0.225 e. The van der Waals surface area contributed by atoms with E-state index in [1.54, 1.807) is 0 Å². The van der Waals surface area contributed by atoms with Crippen LogP contribution in [0.4, 0.5) is 0 Å². The van der Waals surface area contributed by atoms with Crippen molar-refractivity contribution in [3.63, 3.8) is 0 Å². The summed E-state index contributed by atoms with van der Waals surface area (Å²) in [7, 11) is 0. The van der Waals surface area contributed by atoms with Crippen molar-refractivity contribution in [1.29, 1.82) is 0 Å². The van der Waals surface area contributed by atoms with Gasteiger partial charge in [-0.25, -0.2) is 0 Å². The van der Waals surface area contributed by atoms with E-state index in [9.17, 15) is 9.90 Å². The summed E-state index contributed by atoms with van der Waals surface area (Å²) in [5.74, 6) is 0.646. The van der Waals surface area contributed by atoms with Crippen molar-refractivity contribution < 1.29 is 9.90 Å². The van der Waals surface area contributed by atoms with Gasteiger partial charge in [-0.3, -0.25) is 9.69 Å². The molecule has 3 unspecified atom stereocenters. The number of piperidine rings is 1. The second-order valence-electron chi connectivity index (χ2n) is 7.50. The molecule has 2 N–H and O–H groups in total. The monoisotopic (exact) mass is 296 g/mol. The van der Waals surface area contributed by atoms with E-state index in [4.69, 9.17) is 0 Å². The van der Waals surface area contributed by atoms with Crippen LogP contribution < -0.4 is 5.32 Å². The van der Waals surface area contributed by atoms with Gasteiger partial charge in [0.25, 0.3) is 0 Å².